The minimum atomic E-state index is -0.415. The van der Waals surface area contributed by atoms with Crippen molar-refractivity contribution in [2.75, 3.05) is 27.8 Å². The average molecular weight is 396 g/mol. The number of methoxy groups -OCH3 is 1. The molecule has 154 valence electrons. The highest BCUT2D eigenvalue weighted by Crippen LogP contribution is 2.30. The van der Waals surface area contributed by atoms with Gasteiger partial charge in [0.15, 0.2) is 0 Å². The van der Waals surface area contributed by atoms with Crippen LogP contribution in [0, 0.1) is 0 Å². The molecule has 0 saturated carbocycles. The van der Waals surface area contributed by atoms with Crippen molar-refractivity contribution in [3.63, 3.8) is 0 Å². The summed E-state index contributed by atoms with van der Waals surface area (Å²) in [5.74, 6) is 0.271. The van der Waals surface area contributed by atoms with Gasteiger partial charge in [0.2, 0.25) is 5.78 Å². The maximum atomic E-state index is 13.4. The molecule has 0 unspecified atom stereocenters. The van der Waals surface area contributed by atoms with Gasteiger partial charge >= 0.3 is 5.97 Å². The van der Waals surface area contributed by atoms with Gasteiger partial charge in [-0.05, 0) is 43.9 Å². The van der Waals surface area contributed by atoms with E-state index >= 15 is 0 Å². The molecule has 0 N–H and O–H groups in total. The number of Topliss-reactive ketones (excluding diaryl/α,β-unsaturated/α-hetero) is 1. The molecule has 6 heteroatoms. The number of esters is 1. The van der Waals surface area contributed by atoms with Gasteiger partial charge in [-0.2, -0.15) is 0 Å². The molecule has 29 heavy (non-hydrogen) atoms. The predicted octanol–water partition coefficient (Wildman–Crippen LogP) is 3.69. The molecule has 0 radical (unpaired) electrons. The first-order valence-corrected chi connectivity index (χ1v) is 9.89. The molecule has 1 aromatic heterocycles. The van der Waals surface area contributed by atoms with E-state index in [1.54, 1.807) is 18.6 Å². The number of nitrogens with zero attached hydrogens (tertiary/aromatic N) is 2. The Morgan fingerprint density at radius 1 is 1.24 bits per heavy atom. The molecule has 3 rings (SSSR count). The molecular formula is C23H28N2O4. The number of allylic oxidation sites excluding steroid dienone is 1. The van der Waals surface area contributed by atoms with Crippen LogP contribution in [0.1, 0.15) is 51.9 Å². The third-order valence-corrected chi connectivity index (χ3v) is 4.99. The van der Waals surface area contributed by atoms with E-state index in [0.717, 1.165) is 41.7 Å². The van der Waals surface area contributed by atoms with E-state index in [1.165, 1.54) is 0 Å². The largest absolute Gasteiger partial charge is 0.496 e. The lowest BCUT2D eigenvalue weighted by molar-refractivity contribution is 0.0514. The number of benzene rings is 1. The molecule has 1 aliphatic rings. The smallest absolute Gasteiger partial charge is 0.354 e. The van der Waals surface area contributed by atoms with Crippen molar-refractivity contribution in [2.24, 2.45) is 0 Å². The number of rotatable bonds is 6. The third-order valence-electron chi connectivity index (χ3n) is 4.99. The maximum Gasteiger partial charge on any atom is 0.354 e. The molecule has 0 fully saturated rings. The van der Waals surface area contributed by atoms with Crippen LogP contribution in [0.5, 0.6) is 5.75 Å². The van der Waals surface area contributed by atoms with Crippen molar-refractivity contribution >= 4 is 11.8 Å². The fourth-order valence-corrected chi connectivity index (χ4v) is 3.78. The van der Waals surface area contributed by atoms with Crippen LogP contribution in [0.15, 0.2) is 42.1 Å². The highest BCUT2D eigenvalue weighted by atomic mass is 16.5. The molecule has 0 amide bonds. The van der Waals surface area contributed by atoms with Crippen LogP contribution in [-0.4, -0.2) is 49.0 Å². The number of fused-ring (bicyclic) bond motifs is 1. The van der Waals surface area contributed by atoms with Gasteiger partial charge in [0.25, 0.3) is 0 Å². The molecule has 1 aliphatic carbocycles. The van der Waals surface area contributed by atoms with Crippen molar-refractivity contribution < 1.29 is 19.1 Å². The highest BCUT2D eigenvalue weighted by Gasteiger charge is 2.29. The Kier molecular flexibility index (Phi) is 6.42. The Morgan fingerprint density at radius 3 is 2.69 bits per heavy atom. The van der Waals surface area contributed by atoms with Crippen LogP contribution in [-0.2, 0) is 17.7 Å². The molecule has 1 heterocycles. The average Bonchev–Trinajstić information content (AvgIpc) is 2.97. The number of aromatic nitrogens is 1. The molecule has 1 aromatic carbocycles. The van der Waals surface area contributed by atoms with Crippen molar-refractivity contribution in [1.29, 1.82) is 0 Å². The zero-order valence-corrected chi connectivity index (χ0v) is 17.5. The molecule has 0 bridgehead atoms. The summed E-state index contributed by atoms with van der Waals surface area (Å²) in [7, 11) is 5.43. The van der Waals surface area contributed by atoms with Crippen LogP contribution < -0.4 is 4.74 Å². The molecule has 0 atom stereocenters. The standard InChI is InChI=1S/C23H28N2O4/c1-5-29-23(27)19-13-16-10-8-11-18(14-24(2)3)22(26)21(16)25(19)15-17-9-6-7-12-20(17)28-4/h6-7,9,12-14H,5,8,10-11,15H2,1-4H3. The van der Waals surface area contributed by atoms with E-state index < -0.39 is 5.97 Å². The van der Waals surface area contributed by atoms with Crippen molar-refractivity contribution in [3.8, 4) is 5.75 Å². The van der Waals surface area contributed by atoms with Crippen molar-refractivity contribution in [2.45, 2.75) is 32.7 Å². The number of para-hydroxylation sites is 1. The predicted molar refractivity (Wildman–Crippen MR) is 112 cm³/mol. The lowest BCUT2D eigenvalue weighted by atomic mass is 10.1. The molecular weight excluding hydrogens is 368 g/mol. The molecule has 2 aromatic rings. The van der Waals surface area contributed by atoms with E-state index in [0.29, 0.717) is 17.9 Å². The number of carbonyl (C=O) groups is 2. The Morgan fingerprint density at radius 2 is 2.00 bits per heavy atom. The molecule has 6 nitrogen and oxygen atoms in total. The van der Waals surface area contributed by atoms with E-state index in [-0.39, 0.29) is 12.4 Å². The van der Waals surface area contributed by atoms with Crippen LogP contribution in [0.4, 0.5) is 0 Å². The lowest BCUT2D eigenvalue weighted by Gasteiger charge is -2.16. The van der Waals surface area contributed by atoms with E-state index in [9.17, 15) is 9.59 Å². The summed E-state index contributed by atoms with van der Waals surface area (Å²) >= 11 is 0. The monoisotopic (exact) mass is 396 g/mol. The fourth-order valence-electron chi connectivity index (χ4n) is 3.78. The summed E-state index contributed by atoms with van der Waals surface area (Å²) in [5.41, 5.74) is 3.53. The number of ether oxygens (including phenoxy) is 2. The summed E-state index contributed by atoms with van der Waals surface area (Å²) in [6, 6.07) is 9.45. The molecule has 0 aliphatic heterocycles. The molecule has 0 spiro atoms. The number of hydrogen-bond acceptors (Lipinski definition) is 5. The van der Waals surface area contributed by atoms with Crippen molar-refractivity contribution in [1.82, 2.24) is 9.47 Å². The third kappa shape index (κ3) is 4.36. The number of aryl methyl sites for hydroxylation is 1. The van der Waals surface area contributed by atoms with Gasteiger partial charge < -0.3 is 18.9 Å². The van der Waals surface area contributed by atoms with E-state index in [2.05, 4.69) is 0 Å². The second-order valence-corrected chi connectivity index (χ2v) is 7.32. The highest BCUT2D eigenvalue weighted by molar-refractivity contribution is 6.10. The van der Waals surface area contributed by atoms with Crippen molar-refractivity contribution in [3.05, 3.63) is 64.6 Å². The topological polar surface area (TPSA) is 60.8 Å². The quantitative estimate of drug-likeness (QED) is 0.423. The molecule has 0 saturated heterocycles. The first-order valence-electron chi connectivity index (χ1n) is 9.89. The summed E-state index contributed by atoms with van der Waals surface area (Å²) < 4.78 is 12.5. The number of ketones is 1. The Hall–Kier alpha value is -3.02. The first-order chi connectivity index (χ1) is 14.0. The van der Waals surface area contributed by atoms with E-state index in [4.69, 9.17) is 9.47 Å². The summed E-state index contributed by atoms with van der Waals surface area (Å²) in [6.45, 7) is 2.41. The van der Waals surface area contributed by atoms with Gasteiger partial charge in [-0.3, -0.25) is 4.79 Å². The van der Waals surface area contributed by atoms with Gasteiger partial charge in [0.1, 0.15) is 11.4 Å². The van der Waals surface area contributed by atoms with Gasteiger partial charge in [-0.25, -0.2) is 4.79 Å². The number of hydrogen-bond donors (Lipinski definition) is 0. The first kappa shape index (κ1) is 20.7. The maximum absolute atomic E-state index is 13.4. The van der Waals surface area contributed by atoms with Crippen LogP contribution in [0.3, 0.4) is 0 Å². The lowest BCUT2D eigenvalue weighted by Crippen LogP contribution is -2.19. The second-order valence-electron chi connectivity index (χ2n) is 7.32. The summed E-state index contributed by atoms with van der Waals surface area (Å²) in [5, 5.41) is 0. The van der Waals surface area contributed by atoms with Gasteiger partial charge in [0, 0.05) is 31.4 Å². The second kappa shape index (κ2) is 8.99. The SMILES string of the molecule is CCOC(=O)c1cc2c(n1Cc1ccccc1OC)C(=O)C(=CN(C)C)CCC2. The Bertz CT molecular complexity index is 940. The minimum absolute atomic E-state index is 0.0309. The van der Waals surface area contributed by atoms with E-state index in [1.807, 2.05) is 55.5 Å². The Balaban J connectivity index is 2.15. The normalized spacial score (nSPS) is 15.0. The Labute approximate surface area is 171 Å². The zero-order chi connectivity index (χ0) is 21.0. The van der Waals surface area contributed by atoms with Crippen LogP contribution in [0.2, 0.25) is 0 Å². The number of carbonyl (C=O) groups excluding carboxylic acids is 2. The zero-order valence-electron chi connectivity index (χ0n) is 17.5. The minimum Gasteiger partial charge on any atom is -0.496 e. The van der Waals surface area contributed by atoms with Gasteiger partial charge in [0.05, 0.1) is 26.0 Å². The van der Waals surface area contributed by atoms with Gasteiger partial charge in [-0.1, -0.05) is 18.2 Å². The van der Waals surface area contributed by atoms with Gasteiger partial charge in [-0.15, -0.1) is 0 Å². The van der Waals surface area contributed by atoms with Crippen LogP contribution in [0.25, 0.3) is 0 Å². The summed E-state index contributed by atoms with van der Waals surface area (Å²) in [4.78, 5) is 28.0. The van der Waals surface area contributed by atoms with Crippen LogP contribution >= 0.6 is 0 Å². The summed E-state index contributed by atoms with van der Waals surface area (Å²) in [6.07, 6.45) is 4.20. The fraction of sp³-hybridized carbons (Fsp3) is 0.391.